The molecule has 1 heterocycles. The first kappa shape index (κ1) is 11.5. The number of anilines is 2. The molecule has 86 valence electrons. The number of nitrogens with one attached hydrogen (secondary N) is 1. The Morgan fingerprint density at radius 3 is 2.76 bits per heavy atom. The van der Waals surface area contributed by atoms with Crippen LogP contribution in [0.15, 0.2) is 47.1 Å². The zero-order valence-corrected chi connectivity index (χ0v) is 10.2. The van der Waals surface area contributed by atoms with Gasteiger partial charge in [-0.05, 0) is 34.1 Å². The fraction of sp³-hybridized carbons (Fsp3) is 0. The van der Waals surface area contributed by atoms with Gasteiger partial charge in [0.1, 0.15) is 5.82 Å². The van der Waals surface area contributed by atoms with Gasteiger partial charge in [0.05, 0.1) is 4.92 Å². The van der Waals surface area contributed by atoms with E-state index in [1.54, 1.807) is 24.4 Å². The van der Waals surface area contributed by atoms with Crippen LogP contribution < -0.4 is 5.32 Å². The zero-order chi connectivity index (χ0) is 12.3. The van der Waals surface area contributed by atoms with Crippen molar-refractivity contribution < 1.29 is 4.92 Å². The third-order valence-corrected chi connectivity index (χ3v) is 2.53. The van der Waals surface area contributed by atoms with Crippen molar-refractivity contribution in [3.8, 4) is 0 Å². The normalized spacial score (nSPS) is 9.94. The van der Waals surface area contributed by atoms with Crippen molar-refractivity contribution >= 4 is 33.1 Å². The molecule has 0 aliphatic heterocycles. The fourth-order valence-corrected chi connectivity index (χ4v) is 1.53. The lowest BCUT2D eigenvalue weighted by Gasteiger charge is -2.04. The van der Waals surface area contributed by atoms with Crippen molar-refractivity contribution in [3.05, 3.63) is 57.2 Å². The predicted molar refractivity (Wildman–Crippen MR) is 68.3 cm³/mol. The number of pyridine rings is 1. The van der Waals surface area contributed by atoms with E-state index in [9.17, 15) is 10.1 Å². The van der Waals surface area contributed by atoms with Gasteiger partial charge in [-0.1, -0.05) is 6.07 Å². The van der Waals surface area contributed by atoms with Crippen LogP contribution in [0.4, 0.5) is 17.2 Å². The third kappa shape index (κ3) is 3.01. The molecule has 0 aliphatic carbocycles. The van der Waals surface area contributed by atoms with Crippen LogP contribution in [0.25, 0.3) is 0 Å². The highest BCUT2D eigenvalue weighted by Crippen LogP contribution is 2.20. The van der Waals surface area contributed by atoms with E-state index in [1.807, 2.05) is 6.07 Å². The summed E-state index contributed by atoms with van der Waals surface area (Å²) < 4.78 is 0.877. The average Bonchev–Trinajstić information content (AvgIpc) is 2.32. The SMILES string of the molecule is O=[N+]([O-])c1cccc(Nc2ccc(Br)cn2)c1. The highest BCUT2D eigenvalue weighted by molar-refractivity contribution is 9.10. The second-order valence-electron chi connectivity index (χ2n) is 3.29. The van der Waals surface area contributed by atoms with Gasteiger partial charge in [-0.3, -0.25) is 10.1 Å². The molecule has 1 N–H and O–H groups in total. The lowest BCUT2D eigenvalue weighted by atomic mass is 10.3. The summed E-state index contributed by atoms with van der Waals surface area (Å²) in [5, 5.41) is 13.6. The molecule has 17 heavy (non-hydrogen) atoms. The number of non-ortho nitro benzene ring substituents is 1. The van der Waals surface area contributed by atoms with Gasteiger partial charge in [-0.25, -0.2) is 4.98 Å². The van der Waals surface area contributed by atoms with E-state index >= 15 is 0 Å². The van der Waals surface area contributed by atoms with E-state index < -0.39 is 4.92 Å². The Hall–Kier alpha value is -1.95. The number of rotatable bonds is 3. The van der Waals surface area contributed by atoms with Crippen molar-refractivity contribution in [2.45, 2.75) is 0 Å². The molecule has 0 radical (unpaired) electrons. The van der Waals surface area contributed by atoms with Crippen LogP contribution in [-0.4, -0.2) is 9.91 Å². The Labute approximate surface area is 106 Å². The van der Waals surface area contributed by atoms with E-state index in [0.29, 0.717) is 11.5 Å². The van der Waals surface area contributed by atoms with Gasteiger partial charge < -0.3 is 5.32 Å². The molecule has 0 fully saturated rings. The maximum Gasteiger partial charge on any atom is 0.271 e. The van der Waals surface area contributed by atoms with Crippen molar-refractivity contribution in [2.24, 2.45) is 0 Å². The molecule has 1 aromatic heterocycles. The molecule has 0 spiro atoms. The largest absolute Gasteiger partial charge is 0.340 e. The first-order valence-corrected chi connectivity index (χ1v) is 5.57. The molecule has 6 heteroatoms. The number of halogens is 1. The number of hydrogen-bond acceptors (Lipinski definition) is 4. The summed E-state index contributed by atoms with van der Waals surface area (Å²) in [6, 6.07) is 9.90. The highest BCUT2D eigenvalue weighted by atomic mass is 79.9. The number of nitro groups is 1. The van der Waals surface area contributed by atoms with Crippen LogP contribution in [0.1, 0.15) is 0 Å². The van der Waals surface area contributed by atoms with E-state index in [1.165, 1.54) is 12.1 Å². The van der Waals surface area contributed by atoms with Crippen molar-refractivity contribution in [3.63, 3.8) is 0 Å². The minimum absolute atomic E-state index is 0.0483. The van der Waals surface area contributed by atoms with Crippen LogP contribution >= 0.6 is 15.9 Å². The number of nitrogens with zero attached hydrogens (tertiary/aromatic N) is 2. The average molecular weight is 294 g/mol. The Bertz CT molecular complexity index is 543. The van der Waals surface area contributed by atoms with E-state index in [-0.39, 0.29) is 5.69 Å². The van der Waals surface area contributed by atoms with Crippen LogP contribution in [0.5, 0.6) is 0 Å². The summed E-state index contributed by atoms with van der Waals surface area (Å²) in [6.07, 6.45) is 1.65. The fourth-order valence-electron chi connectivity index (χ4n) is 1.29. The molecule has 0 amide bonds. The lowest BCUT2D eigenvalue weighted by Crippen LogP contribution is -1.94. The molecular formula is C11H8BrN3O2. The monoisotopic (exact) mass is 293 g/mol. The maximum atomic E-state index is 10.6. The molecule has 2 aromatic rings. The maximum absolute atomic E-state index is 10.6. The van der Waals surface area contributed by atoms with Gasteiger partial charge in [0.15, 0.2) is 0 Å². The second-order valence-corrected chi connectivity index (χ2v) is 4.21. The standard InChI is InChI=1S/C11H8BrN3O2/c12-8-4-5-11(13-7-8)14-9-2-1-3-10(6-9)15(16)17/h1-7H,(H,13,14). The van der Waals surface area contributed by atoms with Crippen LogP contribution in [-0.2, 0) is 0 Å². The third-order valence-electron chi connectivity index (χ3n) is 2.06. The lowest BCUT2D eigenvalue weighted by molar-refractivity contribution is -0.384. The molecule has 0 bridgehead atoms. The smallest absolute Gasteiger partial charge is 0.271 e. The number of hydrogen-bond donors (Lipinski definition) is 1. The predicted octanol–water partition coefficient (Wildman–Crippen LogP) is 3.50. The molecule has 1 aromatic carbocycles. The van der Waals surface area contributed by atoms with Crippen molar-refractivity contribution in [1.29, 1.82) is 0 Å². The first-order valence-electron chi connectivity index (χ1n) is 4.78. The molecule has 0 aliphatic rings. The van der Waals surface area contributed by atoms with Gasteiger partial charge in [0.25, 0.3) is 5.69 Å². The first-order chi connectivity index (χ1) is 8.15. The Balaban J connectivity index is 2.21. The van der Waals surface area contributed by atoms with E-state index in [2.05, 4.69) is 26.2 Å². The highest BCUT2D eigenvalue weighted by Gasteiger charge is 2.05. The molecule has 2 rings (SSSR count). The number of benzene rings is 1. The summed E-state index contributed by atoms with van der Waals surface area (Å²) in [4.78, 5) is 14.3. The molecular weight excluding hydrogens is 286 g/mol. The minimum Gasteiger partial charge on any atom is -0.340 e. The van der Waals surface area contributed by atoms with Crippen molar-refractivity contribution in [1.82, 2.24) is 4.98 Å². The van der Waals surface area contributed by atoms with Gasteiger partial charge in [0.2, 0.25) is 0 Å². The quantitative estimate of drug-likeness (QED) is 0.695. The van der Waals surface area contributed by atoms with Gasteiger partial charge in [0, 0.05) is 28.5 Å². The van der Waals surface area contributed by atoms with Crippen molar-refractivity contribution in [2.75, 3.05) is 5.32 Å². The topological polar surface area (TPSA) is 68.1 Å². The Morgan fingerprint density at radius 1 is 1.29 bits per heavy atom. The summed E-state index contributed by atoms with van der Waals surface area (Å²) >= 11 is 3.28. The summed E-state index contributed by atoms with van der Waals surface area (Å²) in [5.41, 5.74) is 0.682. The Kier molecular flexibility index (Phi) is 3.34. The van der Waals surface area contributed by atoms with Gasteiger partial charge in [-0.15, -0.1) is 0 Å². The summed E-state index contributed by atoms with van der Waals surface area (Å²) in [7, 11) is 0. The summed E-state index contributed by atoms with van der Waals surface area (Å²) in [5.74, 6) is 0.633. The van der Waals surface area contributed by atoms with E-state index in [0.717, 1.165) is 4.47 Å². The zero-order valence-electron chi connectivity index (χ0n) is 8.63. The second kappa shape index (κ2) is 4.92. The molecule has 0 unspecified atom stereocenters. The van der Waals surface area contributed by atoms with Crippen LogP contribution in [0, 0.1) is 10.1 Å². The minimum atomic E-state index is -0.430. The van der Waals surface area contributed by atoms with Crippen LogP contribution in [0.3, 0.4) is 0 Å². The summed E-state index contributed by atoms with van der Waals surface area (Å²) in [6.45, 7) is 0. The number of aromatic nitrogens is 1. The van der Waals surface area contributed by atoms with Gasteiger partial charge in [-0.2, -0.15) is 0 Å². The number of nitro benzene ring substituents is 1. The molecule has 5 nitrogen and oxygen atoms in total. The molecule has 0 saturated carbocycles. The molecule has 0 saturated heterocycles. The van der Waals surface area contributed by atoms with E-state index in [4.69, 9.17) is 0 Å². The van der Waals surface area contributed by atoms with Gasteiger partial charge >= 0.3 is 0 Å². The Morgan fingerprint density at radius 2 is 2.12 bits per heavy atom. The molecule has 0 atom stereocenters. The van der Waals surface area contributed by atoms with Crippen LogP contribution in [0.2, 0.25) is 0 Å².